The second-order valence-corrected chi connectivity index (χ2v) is 6.05. The molecule has 0 amide bonds. The van der Waals surface area contributed by atoms with Crippen molar-refractivity contribution in [1.29, 1.82) is 0 Å². The molecule has 1 aromatic heterocycles. The molecule has 0 aliphatic carbocycles. The first-order valence-corrected chi connectivity index (χ1v) is 7.23. The first-order chi connectivity index (χ1) is 10.1. The second kappa shape index (κ2) is 7.18. The van der Waals surface area contributed by atoms with E-state index in [1.165, 1.54) is 11.9 Å². The molecule has 0 atom stereocenters. The van der Waals surface area contributed by atoms with Gasteiger partial charge in [-0.1, -0.05) is 32.9 Å². The van der Waals surface area contributed by atoms with E-state index in [2.05, 4.69) is 48.2 Å². The Bertz CT molecular complexity index is 532. The Kier molecular flexibility index (Phi) is 5.28. The molecule has 0 saturated carbocycles. The average Bonchev–Trinajstić information content (AvgIpc) is 2.47. The third-order valence-corrected chi connectivity index (χ3v) is 3.21. The summed E-state index contributed by atoms with van der Waals surface area (Å²) in [5.41, 5.74) is 2.57. The molecule has 0 aliphatic heterocycles. The van der Waals surface area contributed by atoms with Gasteiger partial charge in [-0.05, 0) is 23.1 Å². The molecule has 1 N–H and O–H groups in total. The van der Waals surface area contributed by atoms with Gasteiger partial charge in [-0.15, -0.1) is 0 Å². The quantitative estimate of drug-likeness (QED) is 0.829. The van der Waals surface area contributed by atoms with Gasteiger partial charge in [0, 0.05) is 31.0 Å². The van der Waals surface area contributed by atoms with E-state index in [9.17, 15) is 0 Å². The summed E-state index contributed by atoms with van der Waals surface area (Å²) >= 11 is 0. The highest BCUT2D eigenvalue weighted by molar-refractivity contribution is 5.31. The van der Waals surface area contributed by atoms with Gasteiger partial charge in [0.15, 0.2) is 0 Å². The van der Waals surface area contributed by atoms with Gasteiger partial charge in [0.05, 0.1) is 0 Å². The van der Waals surface area contributed by atoms with Crippen molar-refractivity contribution in [2.75, 3.05) is 13.2 Å². The lowest BCUT2D eigenvalue weighted by Crippen LogP contribution is -2.20. The van der Waals surface area contributed by atoms with Crippen LogP contribution in [0.25, 0.3) is 0 Å². The standard InChI is InChI=1S/C17H23N3O/c1-17(2,3)15-4-6-16(7-5-15)21-9-8-18-10-14-11-19-13-20-12-14/h4-7,11-13,18H,8-10H2,1-3H3. The molecule has 21 heavy (non-hydrogen) atoms. The van der Waals surface area contributed by atoms with E-state index in [0.29, 0.717) is 6.61 Å². The lowest BCUT2D eigenvalue weighted by atomic mass is 9.87. The SMILES string of the molecule is CC(C)(C)c1ccc(OCCNCc2cncnc2)cc1. The van der Waals surface area contributed by atoms with Crippen LogP contribution >= 0.6 is 0 Å². The van der Waals surface area contributed by atoms with Crippen LogP contribution in [0.3, 0.4) is 0 Å². The minimum absolute atomic E-state index is 0.178. The molecule has 4 nitrogen and oxygen atoms in total. The maximum absolute atomic E-state index is 5.72. The fraction of sp³-hybridized carbons (Fsp3) is 0.412. The summed E-state index contributed by atoms with van der Waals surface area (Å²) in [6.45, 7) is 8.81. The molecule has 2 rings (SSSR count). The average molecular weight is 285 g/mol. The number of nitrogens with one attached hydrogen (secondary N) is 1. The van der Waals surface area contributed by atoms with Crippen LogP contribution in [0.4, 0.5) is 0 Å². The maximum Gasteiger partial charge on any atom is 0.119 e. The largest absolute Gasteiger partial charge is 0.492 e. The molecule has 0 aliphatic rings. The monoisotopic (exact) mass is 285 g/mol. The summed E-state index contributed by atoms with van der Waals surface area (Å²) in [6.07, 6.45) is 5.16. The molecule has 1 aromatic carbocycles. The van der Waals surface area contributed by atoms with E-state index in [1.54, 1.807) is 0 Å². The van der Waals surface area contributed by atoms with Crippen molar-refractivity contribution in [2.45, 2.75) is 32.7 Å². The predicted octanol–water partition coefficient (Wildman–Crippen LogP) is 2.94. The molecule has 0 fully saturated rings. The number of nitrogens with zero attached hydrogens (tertiary/aromatic N) is 2. The number of benzene rings is 1. The number of hydrogen-bond donors (Lipinski definition) is 1. The van der Waals surface area contributed by atoms with Crippen LogP contribution in [0.5, 0.6) is 5.75 Å². The van der Waals surface area contributed by atoms with Crippen molar-refractivity contribution in [1.82, 2.24) is 15.3 Å². The highest BCUT2D eigenvalue weighted by atomic mass is 16.5. The van der Waals surface area contributed by atoms with E-state index in [4.69, 9.17) is 4.74 Å². The number of rotatable bonds is 6. The summed E-state index contributed by atoms with van der Waals surface area (Å²) < 4.78 is 5.72. The van der Waals surface area contributed by atoms with Gasteiger partial charge in [0.2, 0.25) is 0 Å². The lowest BCUT2D eigenvalue weighted by Gasteiger charge is -2.19. The van der Waals surface area contributed by atoms with Crippen molar-refractivity contribution in [3.05, 3.63) is 54.1 Å². The second-order valence-electron chi connectivity index (χ2n) is 6.05. The van der Waals surface area contributed by atoms with Crippen LogP contribution in [0.15, 0.2) is 43.0 Å². The molecular formula is C17H23N3O. The summed E-state index contributed by atoms with van der Waals surface area (Å²) in [4.78, 5) is 7.95. The molecule has 0 radical (unpaired) electrons. The van der Waals surface area contributed by atoms with E-state index in [1.807, 2.05) is 24.5 Å². The van der Waals surface area contributed by atoms with Crippen LogP contribution in [0, 0.1) is 0 Å². The zero-order valence-corrected chi connectivity index (χ0v) is 13.0. The first kappa shape index (κ1) is 15.4. The zero-order chi connectivity index (χ0) is 15.1. The number of hydrogen-bond acceptors (Lipinski definition) is 4. The van der Waals surface area contributed by atoms with Crippen LogP contribution in [0.2, 0.25) is 0 Å². The number of ether oxygens (including phenoxy) is 1. The Labute approximate surface area is 126 Å². The van der Waals surface area contributed by atoms with E-state index in [0.717, 1.165) is 24.4 Å². The summed E-state index contributed by atoms with van der Waals surface area (Å²) in [5, 5.41) is 3.30. The van der Waals surface area contributed by atoms with Crippen molar-refractivity contribution >= 4 is 0 Å². The zero-order valence-electron chi connectivity index (χ0n) is 13.0. The van der Waals surface area contributed by atoms with Crippen LogP contribution in [-0.2, 0) is 12.0 Å². The molecule has 0 spiro atoms. The Balaban J connectivity index is 1.69. The van der Waals surface area contributed by atoms with Crippen molar-refractivity contribution in [3.8, 4) is 5.75 Å². The van der Waals surface area contributed by atoms with Gasteiger partial charge in [-0.2, -0.15) is 0 Å². The molecule has 0 saturated heterocycles. The third-order valence-electron chi connectivity index (χ3n) is 3.21. The molecule has 4 heteroatoms. The smallest absolute Gasteiger partial charge is 0.119 e. The van der Waals surface area contributed by atoms with Gasteiger partial charge in [0.25, 0.3) is 0 Å². The molecule has 112 valence electrons. The lowest BCUT2D eigenvalue weighted by molar-refractivity contribution is 0.313. The third kappa shape index (κ3) is 5.16. The van der Waals surface area contributed by atoms with Gasteiger partial charge in [-0.25, -0.2) is 9.97 Å². The van der Waals surface area contributed by atoms with Crippen LogP contribution in [0.1, 0.15) is 31.9 Å². The van der Waals surface area contributed by atoms with Crippen LogP contribution < -0.4 is 10.1 Å². The molecule has 0 bridgehead atoms. The molecule has 1 heterocycles. The molecule has 0 unspecified atom stereocenters. The highest BCUT2D eigenvalue weighted by Crippen LogP contribution is 2.24. The summed E-state index contributed by atoms with van der Waals surface area (Å²) in [5.74, 6) is 0.910. The minimum Gasteiger partial charge on any atom is -0.492 e. The Morgan fingerprint density at radius 3 is 2.33 bits per heavy atom. The van der Waals surface area contributed by atoms with E-state index in [-0.39, 0.29) is 5.41 Å². The summed E-state index contributed by atoms with van der Waals surface area (Å²) in [6, 6.07) is 8.32. The number of aromatic nitrogens is 2. The van der Waals surface area contributed by atoms with Crippen molar-refractivity contribution in [2.24, 2.45) is 0 Å². The fourth-order valence-corrected chi connectivity index (χ4v) is 1.95. The maximum atomic E-state index is 5.72. The van der Waals surface area contributed by atoms with E-state index < -0.39 is 0 Å². The van der Waals surface area contributed by atoms with Crippen LogP contribution in [-0.4, -0.2) is 23.1 Å². The molecular weight excluding hydrogens is 262 g/mol. The van der Waals surface area contributed by atoms with Gasteiger partial charge >= 0.3 is 0 Å². The van der Waals surface area contributed by atoms with Crippen molar-refractivity contribution < 1.29 is 4.74 Å². The molecule has 2 aromatic rings. The Morgan fingerprint density at radius 2 is 1.71 bits per heavy atom. The van der Waals surface area contributed by atoms with Gasteiger partial charge < -0.3 is 10.1 Å². The highest BCUT2D eigenvalue weighted by Gasteiger charge is 2.12. The first-order valence-electron chi connectivity index (χ1n) is 7.23. The predicted molar refractivity (Wildman–Crippen MR) is 84.4 cm³/mol. The van der Waals surface area contributed by atoms with Gasteiger partial charge in [0.1, 0.15) is 18.7 Å². The van der Waals surface area contributed by atoms with Gasteiger partial charge in [-0.3, -0.25) is 0 Å². The normalized spacial score (nSPS) is 11.4. The fourth-order valence-electron chi connectivity index (χ4n) is 1.95. The van der Waals surface area contributed by atoms with Crippen molar-refractivity contribution in [3.63, 3.8) is 0 Å². The minimum atomic E-state index is 0.178. The Morgan fingerprint density at radius 1 is 1.05 bits per heavy atom. The Hall–Kier alpha value is -1.94. The summed E-state index contributed by atoms with van der Waals surface area (Å²) in [7, 11) is 0. The topological polar surface area (TPSA) is 47.0 Å². The van der Waals surface area contributed by atoms with E-state index >= 15 is 0 Å².